The summed E-state index contributed by atoms with van der Waals surface area (Å²) in [7, 11) is 0. The van der Waals surface area contributed by atoms with Gasteiger partial charge in [0.25, 0.3) is 0 Å². The van der Waals surface area contributed by atoms with Crippen molar-refractivity contribution in [2.75, 3.05) is 0 Å². The highest BCUT2D eigenvalue weighted by Gasteiger charge is 2.54. The first-order valence-electron chi connectivity index (χ1n) is 6.49. The molecule has 0 heterocycles. The van der Waals surface area contributed by atoms with E-state index in [0.717, 1.165) is 11.5 Å². The third kappa shape index (κ3) is 1.49. The van der Waals surface area contributed by atoms with E-state index >= 15 is 0 Å². The van der Waals surface area contributed by atoms with Gasteiger partial charge in [-0.05, 0) is 54.7 Å². The van der Waals surface area contributed by atoms with Crippen LogP contribution in [0.25, 0.3) is 0 Å². The zero-order valence-electron chi connectivity index (χ0n) is 9.93. The summed E-state index contributed by atoms with van der Waals surface area (Å²) in [5.74, 6) is 0.825. The molecule has 0 radical (unpaired) electrons. The van der Waals surface area contributed by atoms with E-state index in [-0.39, 0.29) is 5.82 Å². The molecule has 2 saturated carbocycles. The van der Waals surface area contributed by atoms with Gasteiger partial charge in [-0.2, -0.15) is 0 Å². The maximum absolute atomic E-state index is 13.3. The first-order valence-corrected chi connectivity index (χ1v) is 6.49. The van der Waals surface area contributed by atoms with Gasteiger partial charge < -0.3 is 0 Å². The molecule has 2 aliphatic rings. The number of hydrogen-bond acceptors (Lipinski definition) is 0. The minimum atomic E-state index is -0.0639. The molecule has 3 rings (SSSR count). The Morgan fingerprint density at radius 3 is 2.94 bits per heavy atom. The Morgan fingerprint density at radius 2 is 2.12 bits per heavy atom. The Balaban J connectivity index is 1.94. The van der Waals surface area contributed by atoms with Crippen molar-refractivity contribution in [1.82, 2.24) is 0 Å². The Kier molecular flexibility index (Phi) is 2.31. The smallest absolute Gasteiger partial charge is 0.126 e. The molecule has 0 saturated heterocycles. The third-order valence-corrected chi connectivity index (χ3v) is 4.64. The maximum atomic E-state index is 13.3. The highest BCUT2D eigenvalue weighted by Crippen LogP contribution is 2.61. The van der Waals surface area contributed by atoms with Crippen LogP contribution in [0.3, 0.4) is 0 Å². The second-order valence-electron chi connectivity index (χ2n) is 5.62. The van der Waals surface area contributed by atoms with E-state index in [0.29, 0.717) is 5.41 Å². The van der Waals surface area contributed by atoms with E-state index in [1.54, 1.807) is 6.07 Å². The molecule has 86 valence electrons. The Bertz CT molecular complexity index is 410. The van der Waals surface area contributed by atoms with E-state index in [9.17, 15) is 4.39 Å². The topological polar surface area (TPSA) is 0 Å². The summed E-state index contributed by atoms with van der Waals surface area (Å²) in [4.78, 5) is 0. The second-order valence-corrected chi connectivity index (χ2v) is 5.62. The van der Waals surface area contributed by atoms with Crippen LogP contribution < -0.4 is 0 Å². The zero-order valence-corrected chi connectivity index (χ0v) is 9.93. The van der Waals surface area contributed by atoms with Crippen LogP contribution in [0.4, 0.5) is 4.39 Å². The summed E-state index contributed by atoms with van der Waals surface area (Å²) < 4.78 is 13.3. The molecule has 2 aliphatic carbocycles. The summed E-state index contributed by atoms with van der Waals surface area (Å²) in [6.45, 7) is 1.88. The lowest BCUT2D eigenvalue weighted by molar-refractivity contribution is 0.557. The monoisotopic (exact) mass is 218 g/mol. The van der Waals surface area contributed by atoms with Crippen molar-refractivity contribution in [2.24, 2.45) is 5.92 Å². The fourth-order valence-corrected chi connectivity index (χ4v) is 3.53. The summed E-state index contributed by atoms with van der Waals surface area (Å²) >= 11 is 0. The average Bonchev–Trinajstić information content (AvgIpc) is 2.96. The first-order chi connectivity index (χ1) is 7.72. The Hall–Kier alpha value is -0.850. The molecule has 0 bridgehead atoms. The van der Waals surface area contributed by atoms with Crippen LogP contribution in [0.5, 0.6) is 0 Å². The summed E-state index contributed by atoms with van der Waals surface area (Å²) in [5.41, 5.74) is 2.65. The van der Waals surface area contributed by atoms with Gasteiger partial charge in [0.2, 0.25) is 0 Å². The zero-order chi connectivity index (χ0) is 11.2. The van der Waals surface area contributed by atoms with Gasteiger partial charge >= 0.3 is 0 Å². The molecular formula is C15H19F. The van der Waals surface area contributed by atoms with Gasteiger partial charge in [0, 0.05) is 0 Å². The first kappa shape index (κ1) is 10.3. The molecule has 0 aromatic heterocycles. The molecule has 0 nitrogen and oxygen atoms in total. The average molecular weight is 218 g/mol. The number of aryl methyl sites for hydroxylation is 1. The number of halogens is 1. The van der Waals surface area contributed by atoms with Crippen LogP contribution in [0.15, 0.2) is 18.2 Å². The standard InChI is InChI=1S/C15H19F/c1-11-9-12(6-7-14(11)16)15-8-4-2-3-5-13(15)10-15/h6-7,9,13H,2-5,8,10H2,1H3. The van der Waals surface area contributed by atoms with E-state index < -0.39 is 0 Å². The fraction of sp³-hybridized carbons (Fsp3) is 0.600. The number of rotatable bonds is 1. The lowest BCUT2D eigenvalue weighted by atomic mass is 9.88. The van der Waals surface area contributed by atoms with Gasteiger partial charge in [-0.3, -0.25) is 0 Å². The molecule has 16 heavy (non-hydrogen) atoms. The molecular weight excluding hydrogens is 199 g/mol. The minimum absolute atomic E-state index is 0.0639. The van der Waals surface area contributed by atoms with Gasteiger partial charge in [-0.15, -0.1) is 0 Å². The van der Waals surface area contributed by atoms with Gasteiger partial charge in [0.1, 0.15) is 5.82 Å². The van der Waals surface area contributed by atoms with Crippen LogP contribution in [0.2, 0.25) is 0 Å². The molecule has 0 spiro atoms. The van der Waals surface area contributed by atoms with Crippen LogP contribution >= 0.6 is 0 Å². The third-order valence-electron chi connectivity index (χ3n) is 4.64. The van der Waals surface area contributed by atoms with Crippen LogP contribution in [-0.4, -0.2) is 0 Å². The van der Waals surface area contributed by atoms with Crippen molar-refractivity contribution in [3.8, 4) is 0 Å². The van der Waals surface area contributed by atoms with Gasteiger partial charge in [-0.1, -0.05) is 31.4 Å². The molecule has 0 amide bonds. The van der Waals surface area contributed by atoms with Crippen molar-refractivity contribution in [2.45, 2.75) is 50.9 Å². The van der Waals surface area contributed by atoms with Crippen molar-refractivity contribution in [1.29, 1.82) is 0 Å². The van der Waals surface area contributed by atoms with Gasteiger partial charge in [0.15, 0.2) is 0 Å². The predicted octanol–water partition coefficient (Wildman–Crippen LogP) is 4.36. The lowest BCUT2D eigenvalue weighted by Crippen LogP contribution is -2.09. The van der Waals surface area contributed by atoms with Gasteiger partial charge in [0.05, 0.1) is 0 Å². The van der Waals surface area contributed by atoms with E-state index in [1.165, 1.54) is 44.1 Å². The molecule has 0 N–H and O–H groups in total. The van der Waals surface area contributed by atoms with E-state index in [2.05, 4.69) is 6.07 Å². The minimum Gasteiger partial charge on any atom is -0.207 e. The maximum Gasteiger partial charge on any atom is 0.126 e. The lowest BCUT2D eigenvalue weighted by Gasteiger charge is -2.17. The highest BCUT2D eigenvalue weighted by molar-refractivity contribution is 5.37. The van der Waals surface area contributed by atoms with E-state index in [4.69, 9.17) is 0 Å². The van der Waals surface area contributed by atoms with Crippen molar-refractivity contribution >= 4 is 0 Å². The number of benzene rings is 1. The molecule has 1 heteroatoms. The van der Waals surface area contributed by atoms with Crippen molar-refractivity contribution in [3.63, 3.8) is 0 Å². The normalized spacial score (nSPS) is 33.0. The summed E-state index contributed by atoms with van der Waals surface area (Å²) in [6.07, 6.45) is 8.19. The summed E-state index contributed by atoms with van der Waals surface area (Å²) in [6, 6.07) is 5.76. The van der Waals surface area contributed by atoms with Gasteiger partial charge in [-0.25, -0.2) is 4.39 Å². The second kappa shape index (κ2) is 3.58. The van der Waals surface area contributed by atoms with E-state index in [1.807, 2.05) is 13.0 Å². The number of hydrogen-bond donors (Lipinski definition) is 0. The molecule has 2 fully saturated rings. The molecule has 2 unspecified atom stereocenters. The molecule has 1 aromatic rings. The summed E-state index contributed by atoms with van der Waals surface area (Å²) in [5, 5.41) is 0. The fourth-order valence-electron chi connectivity index (χ4n) is 3.53. The molecule has 2 atom stereocenters. The van der Waals surface area contributed by atoms with Crippen molar-refractivity contribution < 1.29 is 4.39 Å². The largest absolute Gasteiger partial charge is 0.207 e. The molecule has 0 aliphatic heterocycles. The Morgan fingerprint density at radius 1 is 1.25 bits per heavy atom. The van der Waals surface area contributed by atoms with Crippen LogP contribution in [0, 0.1) is 18.7 Å². The predicted molar refractivity (Wildman–Crippen MR) is 64.0 cm³/mol. The SMILES string of the molecule is Cc1cc(C23CCCCCC2C3)ccc1F. The highest BCUT2D eigenvalue weighted by atomic mass is 19.1. The van der Waals surface area contributed by atoms with Crippen LogP contribution in [0.1, 0.15) is 49.7 Å². The van der Waals surface area contributed by atoms with Crippen molar-refractivity contribution in [3.05, 3.63) is 35.1 Å². The molecule has 1 aromatic carbocycles. The quantitative estimate of drug-likeness (QED) is 0.657. The number of fused-ring (bicyclic) bond motifs is 1. The van der Waals surface area contributed by atoms with Crippen LogP contribution in [-0.2, 0) is 5.41 Å². The Labute approximate surface area is 96.9 Å².